The predicted octanol–water partition coefficient (Wildman–Crippen LogP) is 6.57. The van der Waals surface area contributed by atoms with E-state index in [9.17, 15) is 14.0 Å². The molecule has 0 aromatic heterocycles. The lowest BCUT2D eigenvalue weighted by atomic mass is 9.98. The van der Waals surface area contributed by atoms with E-state index < -0.39 is 40.9 Å². The van der Waals surface area contributed by atoms with Gasteiger partial charge in [0.2, 0.25) is 4.90 Å². The molecular formula is C31H28FO5S+. The molecule has 0 radical (unpaired) electrons. The van der Waals surface area contributed by atoms with Gasteiger partial charge in [-0.1, -0.05) is 48.5 Å². The molecule has 0 aliphatic heterocycles. The normalized spacial score (nSPS) is 11.2. The van der Waals surface area contributed by atoms with Crippen LogP contribution in [0.4, 0.5) is 4.39 Å². The average Bonchev–Trinajstić information content (AvgIpc) is 2.93. The molecule has 4 rings (SSSR count). The number of carbonyl (C=O) groups excluding carboxylic acids is 2. The first-order chi connectivity index (χ1) is 18.3. The van der Waals surface area contributed by atoms with Crippen molar-refractivity contribution in [3.8, 4) is 5.75 Å². The lowest BCUT2D eigenvalue weighted by Gasteiger charge is -2.25. The zero-order valence-electron chi connectivity index (χ0n) is 21.3. The molecule has 0 heterocycles. The van der Waals surface area contributed by atoms with E-state index in [1.54, 1.807) is 51.3 Å². The summed E-state index contributed by atoms with van der Waals surface area (Å²) < 4.78 is 30.0. The van der Waals surface area contributed by atoms with Crippen molar-refractivity contribution in [2.24, 2.45) is 0 Å². The number of hydrogen-bond acceptors (Lipinski definition) is 5. The third-order valence-electron chi connectivity index (χ3n) is 5.79. The minimum absolute atomic E-state index is 0.280. The van der Waals surface area contributed by atoms with Crippen LogP contribution in [0.15, 0.2) is 118 Å². The van der Waals surface area contributed by atoms with E-state index >= 15 is 0 Å². The van der Waals surface area contributed by atoms with Crippen molar-refractivity contribution >= 4 is 22.8 Å². The smallest absolute Gasteiger partial charge is 0.345 e. The number of hydrogen-bond donors (Lipinski definition) is 0. The van der Waals surface area contributed by atoms with E-state index in [1.807, 2.05) is 60.7 Å². The number of rotatable bonds is 9. The van der Waals surface area contributed by atoms with E-state index in [0.717, 1.165) is 14.7 Å². The van der Waals surface area contributed by atoms with Gasteiger partial charge in [-0.05, 0) is 67.9 Å². The highest BCUT2D eigenvalue weighted by molar-refractivity contribution is 7.97. The van der Waals surface area contributed by atoms with Crippen LogP contribution in [0.3, 0.4) is 0 Å². The third-order valence-corrected chi connectivity index (χ3v) is 8.03. The van der Waals surface area contributed by atoms with Crippen LogP contribution in [-0.2, 0) is 30.8 Å². The summed E-state index contributed by atoms with van der Waals surface area (Å²) in [5.74, 6) is -1.21. The van der Waals surface area contributed by atoms with Crippen molar-refractivity contribution in [3.63, 3.8) is 0 Å². The Morgan fingerprint density at radius 3 is 2.03 bits per heavy atom. The molecule has 0 fully saturated rings. The molecule has 0 aliphatic carbocycles. The number of methoxy groups -OCH3 is 1. The molecule has 0 saturated heterocycles. The lowest BCUT2D eigenvalue weighted by molar-refractivity contribution is -0.161. The summed E-state index contributed by atoms with van der Waals surface area (Å²) in [6.45, 7) is 2.71. The second kappa shape index (κ2) is 12.0. The summed E-state index contributed by atoms with van der Waals surface area (Å²) in [6.07, 6.45) is 0. The van der Waals surface area contributed by atoms with E-state index in [1.165, 1.54) is 12.1 Å². The highest BCUT2D eigenvalue weighted by Gasteiger charge is 2.33. The Balaban J connectivity index is 1.54. The van der Waals surface area contributed by atoms with Crippen LogP contribution >= 0.6 is 0 Å². The number of halogens is 1. The maximum Gasteiger partial charge on any atom is 0.345 e. The van der Waals surface area contributed by atoms with Gasteiger partial charge in [-0.3, -0.25) is 0 Å². The average molecular weight is 532 g/mol. The molecule has 5 nitrogen and oxygen atoms in total. The van der Waals surface area contributed by atoms with Crippen LogP contribution in [0.5, 0.6) is 5.75 Å². The largest absolute Gasteiger partial charge is 0.491 e. The molecule has 4 aromatic carbocycles. The molecule has 0 amide bonds. The van der Waals surface area contributed by atoms with E-state index in [0.29, 0.717) is 11.3 Å². The Labute approximate surface area is 224 Å². The van der Waals surface area contributed by atoms with Crippen LogP contribution in [0.25, 0.3) is 0 Å². The Kier molecular flexibility index (Phi) is 8.48. The number of carbonyl (C=O) groups is 2. The van der Waals surface area contributed by atoms with Crippen LogP contribution in [0, 0.1) is 5.82 Å². The highest BCUT2D eigenvalue weighted by atomic mass is 32.2. The summed E-state index contributed by atoms with van der Waals surface area (Å²) in [5.41, 5.74) is -0.327. The standard InChI is InChI=1S/C31H28FO5S/c1-31(2,23-11-10-12-24(32)20-23)37-29(33)21-36-30(34)22-17-18-27(35-3)28(19-22)38(25-13-6-4-7-14-25)26-15-8-5-9-16-26/h4-20H,21H2,1-3H3/q+1. The van der Waals surface area contributed by atoms with Crippen LogP contribution in [0.2, 0.25) is 0 Å². The minimum atomic E-state index is -1.10. The second-order valence-electron chi connectivity index (χ2n) is 8.87. The molecule has 4 aromatic rings. The van der Waals surface area contributed by atoms with Gasteiger partial charge in [-0.25, -0.2) is 14.0 Å². The molecule has 7 heteroatoms. The summed E-state index contributed by atoms with van der Waals surface area (Å²) >= 11 is 0. The number of esters is 2. The van der Waals surface area contributed by atoms with Gasteiger partial charge in [-0.15, -0.1) is 0 Å². The quantitative estimate of drug-likeness (QED) is 0.181. The summed E-state index contributed by atoms with van der Waals surface area (Å²) in [7, 11) is 1.03. The van der Waals surface area contributed by atoms with Crippen LogP contribution in [0.1, 0.15) is 29.8 Å². The van der Waals surface area contributed by atoms with Crippen molar-refractivity contribution in [2.75, 3.05) is 13.7 Å². The first-order valence-corrected chi connectivity index (χ1v) is 13.2. The minimum Gasteiger partial charge on any atom is -0.491 e. The van der Waals surface area contributed by atoms with Gasteiger partial charge in [0.1, 0.15) is 22.3 Å². The van der Waals surface area contributed by atoms with Crippen molar-refractivity contribution in [1.29, 1.82) is 0 Å². The Morgan fingerprint density at radius 2 is 1.45 bits per heavy atom. The number of benzene rings is 4. The summed E-state index contributed by atoms with van der Waals surface area (Å²) in [6, 6.07) is 30.8. The Bertz CT molecular complexity index is 1370. The van der Waals surface area contributed by atoms with Crippen molar-refractivity contribution < 1.29 is 28.2 Å². The first kappa shape index (κ1) is 26.9. The fourth-order valence-electron chi connectivity index (χ4n) is 3.91. The van der Waals surface area contributed by atoms with Gasteiger partial charge in [0, 0.05) is 6.07 Å². The van der Waals surface area contributed by atoms with E-state index in [4.69, 9.17) is 14.2 Å². The molecular weight excluding hydrogens is 503 g/mol. The molecule has 0 aliphatic rings. The summed E-state index contributed by atoms with van der Waals surface area (Å²) in [5, 5.41) is 0. The fraction of sp³-hybridized carbons (Fsp3) is 0.161. The molecule has 0 atom stereocenters. The maximum atomic E-state index is 13.6. The van der Waals surface area contributed by atoms with Crippen LogP contribution < -0.4 is 4.74 Å². The topological polar surface area (TPSA) is 61.8 Å². The highest BCUT2D eigenvalue weighted by Crippen LogP contribution is 2.37. The molecule has 0 bridgehead atoms. The third kappa shape index (κ3) is 6.42. The fourth-order valence-corrected chi connectivity index (χ4v) is 6.15. The molecule has 0 N–H and O–H groups in total. The summed E-state index contributed by atoms with van der Waals surface area (Å²) in [4.78, 5) is 28.4. The molecule has 0 unspecified atom stereocenters. The van der Waals surface area contributed by atoms with E-state index in [2.05, 4.69) is 0 Å². The van der Waals surface area contributed by atoms with Gasteiger partial charge >= 0.3 is 11.9 Å². The molecule has 38 heavy (non-hydrogen) atoms. The monoisotopic (exact) mass is 531 g/mol. The first-order valence-electron chi connectivity index (χ1n) is 12.0. The molecule has 0 saturated carbocycles. The lowest BCUT2D eigenvalue weighted by Crippen LogP contribution is -2.28. The second-order valence-corrected chi connectivity index (χ2v) is 10.9. The predicted molar refractivity (Wildman–Crippen MR) is 144 cm³/mol. The Morgan fingerprint density at radius 1 is 0.816 bits per heavy atom. The van der Waals surface area contributed by atoms with Gasteiger partial charge in [0.15, 0.2) is 22.1 Å². The Hall–Kier alpha value is -4.10. The molecule has 0 spiro atoms. The van der Waals surface area contributed by atoms with Crippen molar-refractivity contribution in [2.45, 2.75) is 34.1 Å². The van der Waals surface area contributed by atoms with Gasteiger partial charge in [0.05, 0.1) is 12.7 Å². The number of ether oxygens (including phenoxy) is 3. The van der Waals surface area contributed by atoms with Gasteiger partial charge in [0.25, 0.3) is 0 Å². The van der Waals surface area contributed by atoms with Gasteiger partial charge in [-0.2, -0.15) is 0 Å². The zero-order valence-corrected chi connectivity index (χ0v) is 22.2. The van der Waals surface area contributed by atoms with Crippen molar-refractivity contribution in [3.05, 3.63) is 120 Å². The van der Waals surface area contributed by atoms with E-state index in [-0.39, 0.29) is 5.56 Å². The maximum absolute atomic E-state index is 13.6. The molecule has 194 valence electrons. The van der Waals surface area contributed by atoms with Crippen molar-refractivity contribution in [1.82, 2.24) is 0 Å². The van der Waals surface area contributed by atoms with Gasteiger partial charge < -0.3 is 14.2 Å². The zero-order chi connectivity index (χ0) is 27.1. The SMILES string of the molecule is COc1ccc(C(=O)OCC(=O)OC(C)(C)c2cccc(F)c2)cc1[S+](c1ccccc1)c1ccccc1. The van der Waals surface area contributed by atoms with Crippen LogP contribution in [-0.4, -0.2) is 25.7 Å².